The number of piperidine rings is 1. The first kappa shape index (κ1) is 15.3. The van der Waals surface area contributed by atoms with Crippen molar-refractivity contribution in [3.05, 3.63) is 0 Å². The number of rotatable bonds is 2. The molecule has 122 valence electrons. The largest absolute Gasteiger partial charge is 0.341 e. The third-order valence-corrected chi connectivity index (χ3v) is 5.26. The molecule has 3 rings (SSSR count). The number of urea groups is 1. The summed E-state index contributed by atoms with van der Waals surface area (Å²) in [7, 11) is 0. The van der Waals surface area contributed by atoms with Crippen LogP contribution in [0.3, 0.4) is 0 Å². The normalized spacial score (nSPS) is 28.1. The van der Waals surface area contributed by atoms with Crippen LogP contribution in [-0.4, -0.2) is 52.8 Å². The van der Waals surface area contributed by atoms with E-state index in [0.717, 1.165) is 50.1 Å². The van der Waals surface area contributed by atoms with Crippen LogP contribution in [-0.2, 0) is 9.59 Å². The van der Waals surface area contributed by atoms with Crippen molar-refractivity contribution in [2.45, 2.75) is 57.4 Å². The van der Waals surface area contributed by atoms with Gasteiger partial charge in [0.2, 0.25) is 5.91 Å². The maximum Gasteiger partial charge on any atom is 0.325 e. The van der Waals surface area contributed by atoms with Crippen LogP contribution in [0, 0.1) is 5.92 Å². The van der Waals surface area contributed by atoms with Crippen LogP contribution in [0.1, 0.15) is 51.9 Å². The van der Waals surface area contributed by atoms with E-state index in [-0.39, 0.29) is 18.4 Å². The zero-order valence-electron chi connectivity index (χ0n) is 13.3. The van der Waals surface area contributed by atoms with Crippen LogP contribution < -0.4 is 5.32 Å². The van der Waals surface area contributed by atoms with E-state index in [1.807, 2.05) is 0 Å². The molecule has 1 unspecified atom stereocenters. The molecule has 4 amide bonds. The molecule has 1 saturated carbocycles. The fourth-order valence-electron chi connectivity index (χ4n) is 3.97. The predicted molar refractivity (Wildman–Crippen MR) is 81.0 cm³/mol. The number of carbonyl (C=O) groups is 3. The molecule has 0 aromatic rings. The smallest absolute Gasteiger partial charge is 0.325 e. The monoisotopic (exact) mass is 307 g/mol. The minimum absolute atomic E-state index is 0.108. The average molecular weight is 307 g/mol. The second-order valence-electron chi connectivity index (χ2n) is 7.05. The van der Waals surface area contributed by atoms with Gasteiger partial charge in [-0.25, -0.2) is 4.79 Å². The molecule has 0 aromatic heterocycles. The fraction of sp³-hybridized carbons (Fsp3) is 0.812. The molecule has 22 heavy (non-hydrogen) atoms. The zero-order valence-corrected chi connectivity index (χ0v) is 13.3. The van der Waals surface area contributed by atoms with Crippen LogP contribution in [0.4, 0.5) is 4.79 Å². The highest BCUT2D eigenvalue weighted by atomic mass is 16.2. The van der Waals surface area contributed by atoms with Crippen LogP contribution in [0.2, 0.25) is 0 Å². The lowest BCUT2D eigenvalue weighted by Gasteiger charge is -2.32. The first-order chi connectivity index (χ1) is 10.5. The van der Waals surface area contributed by atoms with E-state index < -0.39 is 11.6 Å². The Kier molecular flexibility index (Phi) is 4.10. The Bertz CT molecular complexity index is 485. The number of likely N-dealkylation sites (tertiary alicyclic amines) is 1. The molecular weight excluding hydrogens is 282 g/mol. The van der Waals surface area contributed by atoms with Crippen molar-refractivity contribution >= 4 is 17.8 Å². The van der Waals surface area contributed by atoms with Gasteiger partial charge in [-0.15, -0.1) is 0 Å². The number of carbonyl (C=O) groups excluding carboxylic acids is 3. The zero-order chi connectivity index (χ0) is 15.7. The fourth-order valence-corrected chi connectivity index (χ4v) is 3.97. The molecule has 0 aromatic carbocycles. The summed E-state index contributed by atoms with van der Waals surface area (Å²) in [5.74, 6) is 0.184. The molecule has 3 fully saturated rings. The van der Waals surface area contributed by atoms with Crippen molar-refractivity contribution in [3.8, 4) is 0 Å². The van der Waals surface area contributed by atoms with Gasteiger partial charge in [-0.2, -0.15) is 0 Å². The summed E-state index contributed by atoms with van der Waals surface area (Å²) in [5.41, 5.74) is -0.731. The summed E-state index contributed by atoms with van der Waals surface area (Å²) in [4.78, 5) is 40.1. The highest BCUT2D eigenvalue weighted by Crippen LogP contribution is 2.33. The number of nitrogens with zero attached hydrogens (tertiary/aromatic N) is 2. The number of hydrogen-bond acceptors (Lipinski definition) is 3. The quantitative estimate of drug-likeness (QED) is 0.786. The molecule has 3 aliphatic rings. The molecule has 2 saturated heterocycles. The highest BCUT2D eigenvalue weighted by molar-refractivity contribution is 6.09. The van der Waals surface area contributed by atoms with E-state index in [0.29, 0.717) is 18.8 Å². The average Bonchev–Trinajstić information content (AvgIpc) is 2.72. The molecular formula is C16H25N3O3. The van der Waals surface area contributed by atoms with Crippen molar-refractivity contribution < 1.29 is 14.4 Å². The Morgan fingerprint density at radius 2 is 1.95 bits per heavy atom. The summed E-state index contributed by atoms with van der Waals surface area (Å²) in [6.07, 6.45) is 6.55. The van der Waals surface area contributed by atoms with Crippen LogP contribution in [0.25, 0.3) is 0 Å². The summed E-state index contributed by atoms with van der Waals surface area (Å²) in [6.45, 7) is 3.48. The van der Waals surface area contributed by atoms with Crippen molar-refractivity contribution in [1.29, 1.82) is 0 Å². The Labute approximate surface area is 131 Å². The van der Waals surface area contributed by atoms with E-state index in [2.05, 4.69) is 12.2 Å². The third-order valence-electron chi connectivity index (χ3n) is 5.26. The van der Waals surface area contributed by atoms with Gasteiger partial charge in [0.05, 0.1) is 0 Å². The Morgan fingerprint density at radius 1 is 1.23 bits per heavy atom. The van der Waals surface area contributed by atoms with E-state index in [4.69, 9.17) is 0 Å². The molecule has 1 spiro atoms. The standard InChI is InChI=1S/C16H25N3O3/c1-12-6-5-9-18(10-12)13(20)11-19-14(21)16(17-15(19)22)7-3-2-4-8-16/h12H,2-11H2,1H3,(H,17,22). The predicted octanol–water partition coefficient (Wildman–Crippen LogP) is 1.50. The summed E-state index contributed by atoms with van der Waals surface area (Å²) in [5, 5.41) is 2.85. The molecule has 6 nitrogen and oxygen atoms in total. The van der Waals surface area contributed by atoms with Crippen molar-refractivity contribution in [2.75, 3.05) is 19.6 Å². The third kappa shape index (κ3) is 2.71. The minimum atomic E-state index is -0.731. The van der Waals surface area contributed by atoms with Gasteiger partial charge in [0.1, 0.15) is 12.1 Å². The molecule has 1 N–H and O–H groups in total. The lowest BCUT2D eigenvalue weighted by molar-refractivity contribution is -0.140. The SMILES string of the molecule is CC1CCCN(C(=O)CN2C(=O)NC3(CCCCC3)C2=O)C1. The van der Waals surface area contributed by atoms with E-state index in [1.165, 1.54) is 0 Å². The van der Waals surface area contributed by atoms with Gasteiger partial charge in [-0.05, 0) is 31.6 Å². The number of amides is 4. The first-order valence-electron chi connectivity index (χ1n) is 8.44. The topological polar surface area (TPSA) is 69.7 Å². The summed E-state index contributed by atoms with van der Waals surface area (Å²) < 4.78 is 0. The van der Waals surface area contributed by atoms with E-state index in [1.54, 1.807) is 4.90 Å². The van der Waals surface area contributed by atoms with Gasteiger partial charge in [0, 0.05) is 13.1 Å². The van der Waals surface area contributed by atoms with Gasteiger partial charge in [0.15, 0.2) is 0 Å². The Hall–Kier alpha value is -1.59. The first-order valence-corrected chi connectivity index (χ1v) is 8.44. The Balaban J connectivity index is 1.65. The molecule has 0 radical (unpaired) electrons. The maximum atomic E-state index is 12.6. The van der Waals surface area contributed by atoms with Gasteiger partial charge in [0.25, 0.3) is 5.91 Å². The lowest BCUT2D eigenvalue weighted by atomic mass is 9.82. The van der Waals surface area contributed by atoms with E-state index in [9.17, 15) is 14.4 Å². The summed E-state index contributed by atoms with van der Waals surface area (Å²) in [6, 6.07) is -0.398. The number of imide groups is 1. The van der Waals surface area contributed by atoms with Crippen molar-refractivity contribution in [1.82, 2.24) is 15.1 Å². The lowest BCUT2D eigenvalue weighted by Crippen LogP contribution is -2.49. The second-order valence-corrected chi connectivity index (χ2v) is 7.05. The van der Waals surface area contributed by atoms with Crippen LogP contribution in [0.5, 0.6) is 0 Å². The van der Waals surface area contributed by atoms with Gasteiger partial charge in [-0.1, -0.05) is 26.2 Å². The van der Waals surface area contributed by atoms with Crippen molar-refractivity contribution in [3.63, 3.8) is 0 Å². The molecule has 0 bridgehead atoms. The molecule has 6 heteroatoms. The second kappa shape index (κ2) is 5.89. The Morgan fingerprint density at radius 3 is 2.64 bits per heavy atom. The van der Waals surface area contributed by atoms with Gasteiger partial charge >= 0.3 is 6.03 Å². The maximum absolute atomic E-state index is 12.6. The molecule has 2 heterocycles. The highest BCUT2D eigenvalue weighted by Gasteiger charge is 2.51. The van der Waals surface area contributed by atoms with E-state index >= 15 is 0 Å². The minimum Gasteiger partial charge on any atom is -0.341 e. The van der Waals surface area contributed by atoms with Crippen LogP contribution in [0.15, 0.2) is 0 Å². The number of nitrogens with one attached hydrogen (secondary N) is 1. The van der Waals surface area contributed by atoms with Crippen LogP contribution >= 0.6 is 0 Å². The molecule has 1 aliphatic carbocycles. The summed E-state index contributed by atoms with van der Waals surface area (Å²) >= 11 is 0. The van der Waals surface area contributed by atoms with Crippen molar-refractivity contribution in [2.24, 2.45) is 5.92 Å². The molecule has 2 aliphatic heterocycles. The van der Waals surface area contributed by atoms with Gasteiger partial charge in [-0.3, -0.25) is 14.5 Å². The molecule has 1 atom stereocenters. The van der Waals surface area contributed by atoms with Gasteiger partial charge < -0.3 is 10.2 Å². The number of hydrogen-bond donors (Lipinski definition) is 1.